The van der Waals surface area contributed by atoms with E-state index in [-0.39, 0.29) is 0 Å². The summed E-state index contributed by atoms with van der Waals surface area (Å²) in [6.07, 6.45) is 13.5. The first-order valence-corrected chi connectivity index (χ1v) is 7.90. The maximum atomic E-state index is 2.37. The zero-order valence-corrected chi connectivity index (χ0v) is 10.0. The monoisotopic (exact) mass is 290 g/mol. The summed E-state index contributed by atoms with van der Waals surface area (Å²) in [5, 5.41) is 0. The minimum atomic E-state index is 0.691. The van der Waals surface area contributed by atoms with Gasteiger partial charge in [0.2, 0.25) is 0 Å². The van der Waals surface area contributed by atoms with Crippen LogP contribution in [0, 0.1) is 0 Å². The fraction of sp³-hybridized carbons (Fsp3) is 0.200. The molecule has 0 N–H and O–H groups in total. The van der Waals surface area contributed by atoms with Crippen molar-refractivity contribution < 1.29 is 0 Å². The third-order valence-corrected chi connectivity index (χ3v) is 7.18. The minimum absolute atomic E-state index is 0.691. The van der Waals surface area contributed by atoms with E-state index in [1.54, 1.807) is 0 Å². The molecule has 2 heteroatoms. The van der Waals surface area contributed by atoms with Gasteiger partial charge in [-0.1, -0.05) is 0 Å². The molecule has 2 aliphatic rings. The third-order valence-electron chi connectivity index (χ3n) is 1.78. The molecular formula is C10H10Se2. The zero-order valence-electron chi connectivity index (χ0n) is 6.59. The number of rotatable bonds is 1. The van der Waals surface area contributed by atoms with Crippen molar-refractivity contribution in [2.24, 2.45) is 0 Å². The van der Waals surface area contributed by atoms with Crippen molar-refractivity contribution in [2.75, 3.05) is 0 Å². The summed E-state index contributed by atoms with van der Waals surface area (Å²) in [6.45, 7) is 0. The van der Waals surface area contributed by atoms with Crippen LogP contribution in [0.3, 0.4) is 0 Å². The molecule has 12 heavy (non-hydrogen) atoms. The van der Waals surface area contributed by atoms with E-state index in [9.17, 15) is 0 Å². The fourth-order valence-corrected chi connectivity index (χ4v) is 5.89. The first-order chi connectivity index (χ1) is 5.97. The van der Waals surface area contributed by atoms with Crippen LogP contribution in [0.15, 0.2) is 46.4 Å². The summed E-state index contributed by atoms with van der Waals surface area (Å²) in [5.41, 5.74) is 0. The van der Waals surface area contributed by atoms with Crippen molar-refractivity contribution in [3.63, 3.8) is 0 Å². The van der Waals surface area contributed by atoms with Crippen LogP contribution in [-0.2, 0) is 0 Å². The second-order valence-corrected chi connectivity index (χ2v) is 7.20. The van der Waals surface area contributed by atoms with E-state index < -0.39 is 0 Å². The molecule has 0 nitrogen and oxygen atoms in total. The van der Waals surface area contributed by atoms with Crippen LogP contribution < -0.4 is 0 Å². The third kappa shape index (κ3) is 2.02. The van der Waals surface area contributed by atoms with Crippen molar-refractivity contribution >= 4 is 29.9 Å². The van der Waals surface area contributed by atoms with Gasteiger partial charge in [-0.15, -0.1) is 0 Å². The van der Waals surface area contributed by atoms with Crippen molar-refractivity contribution in [2.45, 2.75) is 9.63 Å². The van der Waals surface area contributed by atoms with E-state index >= 15 is 0 Å². The molecule has 0 amide bonds. The van der Waals surface area contributed by atoms with Crippen LogP contribution in [0.4, 0.5) is 0 Å². The standard InChI is InChI=1S/C10H10Se2/c1-3-7-11-9(5-1)10-6-2-4-8-12-10/h1-10H. The molecule has 0 fully saturated rings. The van der Waals surface area contributed by atoms with Gasteiger partial charge in [-0.25, -0.2) is 0 Å². The molecule has 0 aromatic heterocycles. The van der Waals surface area contributed by atoms with Gasteiger partial charge in [-0.2, -0.15) is 0 Å². The molecular weight excluding hydrogens is 278 g/mol. The average Bonchev–Trinajstić information content (AvgIpc) is 2.21. The second kappa shape index (κ2) is 4.30. The Hall–Kier alpha value is -0.00104. The van der Waals surface area contributed by atoms with Crippen molar-refractivity contribution in [3.05, 3.63) is 46.4 Å². The number of allylic oxidation sites excluding steroid dienone is 6. The Morgan fingerprint density at radius 2 is 1.17 bits per heavy atom. The van der Waals surface area contributed by atoms with Gasteiger partial charge in [0.05, 0.1) is 0 Å². The predicted molar refractivity (Wildman–Crippen MR) is 55.6 cm³/mol. The average molecular weight is 288 g/mol. The molecule has 0 bridgehead atoms. The van der Waals surface area contributed by atoms with E-state index in [4.69, 9.17) is 0 Å². The molecule has 2 aliphatic heterocycles. The quantitative estimate of drug-likeness (QED) is 0.649. The van der Waals surface area contributed by atoms with Crippen molar-refractivity contribution in [1.29, 1.82) is 0 Å². The van der Waals surface area contributed by atoms with Crippen molar-refractivity contribution in [1.82, 2.24) is 0 Å². The summed E-state index contributed by atoms with van der Waals surface area (Å²) in [5.74, 6) is 0. The Kier molecular flexibility index (Phi) is 3.08. The topological polar surface area (TPSA) is 0 Å². The van der Waals surface area contributed by atoms with E-state index in [0.29, 0.717) is 29.9 Å². The van der Waals surface area contributed by atoms with Gasteiger partial charge in [-0.3, -0.25) is 0 Å². The molecule has 0 radical (unpaired) electrons. The van der Waals surface area contributed by atoms with Gasteiger partial charge in [0.15, 0.2) is 0 Å². The maximum absolute atomic E-state index is 2.37. The molecule has 2 unspecified atom stereocenters. The van der Waals surface area contributed by atoms with Gasteiger partial charge in [-0.05, 0) is 0 Å². The number of hydrogen-bond donors (Lipinski definition) is 0. The Bertz CT molecular complexity index is 233. The molecule has 0 saturated heterocycles. The first-order valence-electron chi connectivity index (χ1n) is 3.94. The molecule has 2 atom stereocenters. The Morgan fingerprint density at radius 3 is 1.50 bits per heavy atom. The van der Waals surface area contributed by atoms with Gasteiger partial charge in [0.1, 0.15) is 0 Å². The zero-order chi connectivity index (χ0) is 8.23. The molecule has 0 aromatic carbocycles. The Balaban J connectivity index is 2.01. The molecule has 2 rings (SSSR count). The fourth-order valence-electron chi connectivity index (χ4n) is 1.17. The van der Waals surface area contributed by atoms with E-state index in [0.717, 1.165) is 9.63 Å². The van der Waals surface area contributed by atoms with E-state index in [1.807, 2.05) is 0 Å². The molecule has 0 aliphatic carbocycles. The predicted octanol–water partition coefficient (Wildman–Crippen LogP) is 2.14. The summed E-state index contributed by atoms with van der Waals surface area (Å²) in [4.78, 5) is 6.31. The Morgan fingerprint density at radius 1 is 0.667 bits per heavy atom. The number of hydrogen-bond acceptors (Lipinski definition) is 0. The van der Waals surface area contributed by atoms with Crippen LogP contribution in [0.25, 0.3) is 0 Å². The van der Waals surface area contributed by atoms with Gasteiger partial charge < -0.3 is 0 Å². The van der Waals surface area contributed by atoms with E-state index in [2.05, 4.69) is 46.4 Å². The SMILES string of the molecule is C1=C[Se]C(C2C=CC=C[Se]2)C=C1. The summed E-state index contributed by atoms with van der Waals surface area (Å²) < 4.78 is 0. The van der Waals surface area contributed by atoms with E-state index in [1.165, 1.54) is 0 Å². The van der Waals surface area contributed by atoms with Crippen LogP contribution >= 0.6 is 0 Å². The van der Waals surface area contributed by atoms with Gasteiger partial charge in [0, 0.05) is 0 Å². The summed E-state index contributed by atoms with van der Waals surface area (Å²) in [7, 11) is 0. The molecule has 0 saturated carbocycles. The van der Waals surface area contributed by atoms with Gasteiger partial charge >= 0.3 is 86.0 Å². The summed E-state index contributed by atoms with van der Waals surface area (Å²) >= 11 is 1.38. The molecule has 0 spiro atoms. The molecule has 62 valence electrons. The first kappa shape index (κ1) is 8.59. The molecule has 2 heterocycles. The normalized spacial score (nSPS) is 32.7. The summed E-state index contributed by atoms with van der Waals surface area (Å²) in [6, 6.07) is 0. The van der Waals surface area contributed by atoms with Gasteiger partial charge in [0.25, 0.3) is 0 Å². The van der Waals surface area contributed by atoms with Crippen LogP contribution in [-0.4, -0.2) is 29.9 Å². The molecule has 0 aromatic rings. The van der Waals surface area contributed by atoms with Crippen LogP contribution in [0.1, 0.15) is 0 Å². The second-order valence-electron chi connectivity index (χ2n) is 2.63. The van der Waals surface area contributed by atoms with Crippen molar-refractivity contribution in [3.8, 4) is 0 Å². The van der Waals surface area contributed by atoms with Crippen LogP contribution in [0.2, 0.25) is 9.63 Å². The Labute approximate surface area is 85.8 Å². The van der Waals surface area contributed by atoms with Crippen LogP contribution in [0.5, 0.6) is 0 Å².